The van der Waals surface area contributed by atoms with E-state index in [1.54, 1.807) is 0 Å². The summed E-state index contributed by atoms with van der Waals surface area (Å²) in [4.78, 5) is 19.6. The first kappa shape index (κ1) is 19.9. The van der Waals surface area contributed by atoms with E-state index in [0.29, 0.717) is 23.7 Å². The van der Waals surface area contributed by atoms with Gasteiger partial charge in [0.1, 0.15) is 5.82 Å². The number of carbonyl (C=O) groups is 1. The fourth-order valence-electron chi connectivity index (χ4n) is 5.39. The second-order valence-electron chi connectivity index (χ2n) is 9.29. The number of likely N-dealkylation sites (tertiary alicyclic amines) is 1. The van der Waals surface area contributed by atoms with Gasteiger partial charge in [-0.2, -0.15) is 0 Å². The van der Waals surface area contributed by atoms with Crippen LogP contribution in [0.5, 0.6) is 0 Å². The molecule has 0 unspecified atom stereocenters. The molecular weight excluding hydrogens is 350 g/mol. The molecule has 5 heteroatoms. The molecule has 0 aromatic carbocycles. The van der Waals surface area contributed by atoms with Crippen LogP contribution in [0.25, 0.3) is 0 Å². The van der Waals surface area contributed by atoms with Gasteiger partial charge in [-0.3, -0.25) is 4.79 Å². The Kier molecular flexibility index (Phi) is 6.71. The molecule has 1 aromatic heterocycles. The fraction of sp³-hybridized carbons (Fsp3) is 0.826. The fourth-order valence-corrected chi connectivity index (χ4v) is 5.39. The Morgan fingerprint density at radius 2 is 1.75 bits per heavy atom. The van der Waals surface area contributed by atoms with E-state index in [2.05, 4.69) is 16.4 Å². The highest BCUT2D eigenvalue weighted by molar-refractivity contribution is 5.76. The molecule has 1 aliphatic carbocycles. The molecule has 1 aromatic rings. The lowest BCUT2D eigenvalue weighted by molar-refractivity contribution is -0.133. The molecule has 28 heavy (non-hydrogen) atoms. The van der Waals surface area contributed by atoms with Gasteiger partial charge in [-0.05, 0) is 57.3 Å². The smallest absolute Gasteiger partial charge is 0.222 e. The minimum absolute atomic E-state index is 0.409. The number of piperidine rings is 1. The summed E-state index contributed by atoms with van der Waals surface area (Å²) in [5, 5.41) is 0. The molecule has 1 amide bonds. The van der Waals surface area contributed by atoms with Crippen LogP contribution in [0.1, 0.15) is 81.6 Å². The van der Waals surface area contributed by atoms with E-state index >= 15 is 0 Å². The van der Waals surface area contributed by atoms with Crippen LogP contribution in [0.3, 0.4) is 0 Å². The Hall–Kier alpha value is -1.36. The number of aromatic nitrogens is 2. The van der Waals surface area contributed by atoms with Crippen molar-refractivity contribution >= 4 is 5.91 Å². The molecule has 2 saturated heterocycles. The lowest BCUT2D eigenvalue weighted by atomic mass is 9.86. The summed E-state index contributed by atoms with van der Waals surface area (Å²) < 4.78 is 7.99. The Labute approximate surface area is 169 Å². The molecule has 0 atom stereocenters. The third kappa shape index (κ3) is 4.79. The molecule has 1 saturated carbocycles. The first-order chi connectivity index (χ1) is 13.7. The average Bonchev–Trinajstić information content (AvgIpc) is 3.10. The van der Waals surface area contributed by atoms with Crippen LogP contribution in [0.4, 0.5) is 0 Å². The number of carbonyl (C=O) groups excluding carboxylic acids is 1. The second kappa shape index (κ2) is 9.43. The quantitative estimate of drug-likeness (QED) is 0.757. The zero-order valence-electron chi connectivity index (χ0n) is 17.6. The van der Waals surface area contributed by atoms with Crippen molar-refractivity contribution < 1.29 is 9.53 Å². The van der Waals surface area contributed by atoms with Crippen molar-refractivity contribution in [1.29, 1.82) is 0 Å². The Balaban J connectivity index is 1.28. The molecule has 4 rings (SSSR count). The third-order valence-electron chi connectivity index (χ3n) is 7.27. The Morgan fingerprint density at radius 3 is 2.46 bits per heavy atom. The zero-order chi connectivity index (χ0) is 19.3. The number of hydrogen-bond acceptors (Lipinski definition) is 3. The SMILES string of the molecule is Cc1cnc(C2CCOCC2)n1CC1CCN(C(=O)CC2CCCCC2)CC1. The Morgan fingerprint density at radius 1 is 1.04 bits per heavy atom. The standard InChI is InChI=1S/C23H37N3O2/c1-18-16-24-23(21-9-13-28-14-10-21)26(18)17-20-7-11-25(12-8-20)22(27)15-19-5-3-2-4-6-19/h16,19-21H,2-15,17H2,1H3. The van der Waals surface area contributed by atoms with Gasteiger partial charge in [0.05, 0.1) is 0 Å². The van der Waals surface area contributed by atoms with Crippen LogP contribution in [0.2, 0.25) is 0 Å². The minimum atomic E-state index is 0.409. The first-order valence-electron chi connectivity index (χ1n) is 11.6. The van der Waals surface area contributed by atoms with Crippen LogP contribution < -0.4 is 0 Å². The van der Waals surface area contributed by atoms with Crippen molar-refractivity contribution in [2.75, 3.05) is 26.3 Å². The highest BCUT2D eigenvalue weighted by Crippen LogP contribution is 2.30. The number of amides is 1. The number of rotatable bonds is 5. The Bertz CT molecular complexity index is 636. The van der Waals surface area contributed by atoms with Crippen molar-refractivity contribution in [3.05, 3.63) is 17.7 Å². The van der Waals surface area contributed by atoms with Gasteiger partial charge in [0.25, 0.3) is 0 Å². The monoisotopic (exact) mass is 387 g/mol. The predicted octanol–water partition coefficient (Wildman–Crippen LogP) is 4.29. The largest absolute Gasteiger partial charge is 0.381 e. The average molecular weight is 388 g/mol. The maximum atomic E-state index is 12.7. The molecular formula is C23H37N3O2. The lowest BCUT2D eigenvalue weighted by Crippen LogP contribution is -2.40. The van der Waals surface area contributed by atoms with E-state index in [0.717, 1.165) is 65.0 Å². The van der Waals surface area contributed by atoms with Crippen LogP contribution in [0, 0.1) is 18.8 Å². The summed E-state index contributed by atoms with van der Waals surface area (Å²) >= 11 is 0. The van der Waals surface area contributed by atoms with Gasteiger partial charge in [0, 0.05) is 57.1 Å². The molecule has 2 aliphatic heterocycles. The molecule has 5 nitrogen and oxygen atoms in total. The highest BCUT2D eigenvalue weighted by atomic mass is 16.5. The van der Waals surface area contributed by atoms with E-state index in [1.807, 2.05) is 6.20 Å². The van der Waals surface area contributed by atoms with Gasteiger partial charge in [-0.1, -0.05) is 19.3 Å². The van der Waals surface area contributed by atoms with Crippen molar-refractivity contribution in [2.45, 2.75) is 83.6 Å². The van der Waals surface area contributed by atoms with Crippen LogP contribution in [-0.2, 0) is 16.1 Å². The molecule has 0 radical (unpaired) electrons. The number of imidazole rings is 1. The highest BCUT2D eigenvalue weighted by Gasteiger charge is 2.27. The van der Waals surface area contributed by atoms with E-state index < -0.39 is 0 Å². The number of ether oxygens (including phenoxy) is 1. The molecule has 3 fully saturated rings. The molecule has 0 N–H and O–H groups in total. The molecule has 0 bridgehead atoms. The van der Waals surface area contributed by atoms with Crippen LogP contribution in [-0.4, -0.2) is 46.7 Å². The molecule has 3 aliphatic rings. The van der Waals surface area contributed by atoms with Crippen LogP contribution >= 0.6 is 0 Å². The van der Waals surface area contributed by atoms with Gasteiger partial charge in [-0.25, -0.2) is 4.98 Å². The number of aryl methyl sites for hydroxylation is 1. The van der Waals surface area contributed by atoms with Gasteiger partial charge < -0.3 is 14.2 Å². The zero-order valence-corrected chi connectivity index (χ0v) is 17.6. The first-order valence-corrected chi connectivity index (χ1v) is 11.6. The predicted molar refractivity (Wildman–Crippen MR) is 110 cm³/mol. The maximum absolute atomic E-state index is 12.7. The normalized spacial score (nSPS) is 23.2. The van der Waals surface area contributed by atoms with Crippen molar-refractivity contribution in [3.8, 4) is 0 Å². The van der Waals surface area contributed by atoms with Gasteiger partial charge in [0.2, 0.25) is 5.91 Å². The maximum Gasteiger partial charge on any atom is 0.222 e. The lowest BCUT2D eigenvalue weighted by Gasteiger charge is -2.34. The van der Waals surface area contributed by atoms with E-state index in [4.69, 9.17) is 9.72 Å². The van der Waals surface area contributed by atoms with Gasteiger partial charge in [-0.15, -0.1) is 0 Å². The molecule has 3 heterocycles. The summed E-state index contributed by atoms with van der Waals surface area (Å²) in [6.07, 6.45) is 13.8. The molecule has 156 valence electrons. The summed E-state index contributed by atoms with van der Waals surface area (Å²) in [5.74, 6) is 3.52. The second-order valence-corrected chi connectivity index (χ2v) is 9.29. The number of nitrogens with zero attached hydrogens (tertiary/aromatic N) is 3. The molecule has 0 spiro atoms. The van der Waals surface area contributed by atoms with E-state index in [1.165, 1.54) is 43.6 Å². The van der Waals surface area contributed by atoms with Crippen molar-refractivity contribution in [1.82, 2.24) is 14.5 Å². The van der Waals surface area contributed by atoms with E-state index in [-0.39, 0.29) is 0 Å². The van der Waals surface area contributed by atoms with Crippen LogP contribution in [0.15, 0.2) is 6.20 Å². The van der Waals surface area contributed by atoms with Crippen molar-refractivity contribution in [3.63, 3.8) is 0 Å². The summed E-state index contributed by atoms with van der Waals surface area (Å²) in [5.41, 5.74) is 1.28. The van der Waals surface area contributed by atoms with Crippen molar-refractivity contribution in [2.24, 2.45) is 11.8 Å². The van der Waals surface area contributed by atoms with Gasteiger partial charge in [0.15, 0.2) is 0 Å². The minimum Gasteiger partial charge on any atom is -0.381 e. The summed E-state index contributed by atoms with van der Waals surface area (Å²) in [7, 11) is 0. The van der Waals surface area contributed by atoms with E-state index in [9.17, 15) is 4.79 Å². The summed E-state index contributed by atoms with van der Waals surface area (Å²) in [6.45, 7) is 6.84. The third-order valence-corrected chi connectivity index (χ3v) is 7.27. The summed E-state index contributed by atoms with van der Waals surface area (Å²) in [6, 6.07) is 0. The van der Waals surface area contributed by atoms with Gasteiger partial charge >= 0.3 is 0 Å². The number of hydrogen-bond donors (Lipinski definition) is 0. The topological polar surface area (TPSA) is 47.4 Å².